The Morgan fingerprint density at radius 3 is 2.76 bits per heavy atom. The molecule has 1 aromatic rings. The van der Waals surface area contributed by atoms with E-state index in [9.17, 15) is 19.6 Å². The van der Waals surface area contributed by atoms with Crippen LogP contribution in [0.3, 0.4) is 0 Å². The predicted molar refractivity (Wildman–Crippen MR) is 105 cm³/mol. The Labute approximate surface area is 168 Å². The van der Waals surface area contributed by atoms with Crippen LogP contribution in [0.25, 0.3) is 0 Å². The second kappa shape index (κ2) is 7.46. The number of amides is 3. The highest BCUT2D eigenvalue weighted by Gasteiger charge is 2.51. The van der Waals surface area contributed by atoms with E-state index in [1.807, 2.05) is 4.90 Å². The fraction of sp³-hybridized carbons (Fsp3) is 0.500. The average Bonchev–Trinajstić information content (AvgIpc) is 3.41. The number of hydrogen-bond donors (Lipinski definition) is 2. The number of nitrogens with two attached hydrogens (primary N) is 2. The van der Waals surface area contributed by atoms with Crippen LogP contribution in [0.5, 0.6) is 0 Å². The van der Waals surface area contributed by atoms with Gasteiger partial charge in [-0.1, -0.05) is 12.1 Å². The van der Waals surface area contributed by atoms with Crippen LogP contribution in [0, 0.1) is 11.3 Å². The first kappa shape index (κ1) is 19.4. The zero-order valence-electron chi connectivity index (χ0n) is 16.0. The smallest absolute Gasteiger partial charge is 0.250 e. The van der Waals surface area contributed by atoms with Crippen molar-refractivity contribution >= 4 is 23.4 Å². The third-order valence-electron chi connectivity index (χ3n) is 6.13. The summed E-state index contributed by atoms with van der Waals surface area (Å²) in [7, 11) is 0. The third kappa shape index (κ3) is 3.24. The summed E-state index contributed by atoms with van der Waals surface area (Å²) in [5, 5.41) is 9.19. The van der Waals surface area contributed by atoms with E-state index in [1.165, 1.54) is 0 Å². The molecule has 0 spiro atoms. The van der Waals surface area contributed by atoms with Gasteiger partial charge >= 0.3 is 0 Å². The van der Waals surface area contributed by atoms with Crippen molar-refractivity contribution in [3.05, 3.63) is 29.8 Å². The summed E-state index contributed by atoms with van der Waals surface area (Å²) in [4.78, 5) is 42.6. The minimum Gasteiger partial charge on any atom is -0.366 e. The molecule has 9 heteroatoms. The van der Waals surface area contributed by atoms with Crippen LogP contribution in [0.2, 0.25) is 0 Å². The van der Waals surface area contributed by atoms with E-state index >= 15 is 0 Å². The number of carbonyl (C=O) groups is 3. The molecule has 4 rings (SSSR count). The summed E-state index contributed by atoms with van der Waals surface area (Å²) >= 11 is 0. The molecule has 2 bridgehead atoms. The zero-order valence-corrected chi connectivity index (χ0v) is 16.0. The highest BCUT2D eigenvalue weighted by atomic mass is 16.2. The number of fused-ring (bicyclic) bond motifs is 2. The van der Waals surface area contributed by atoms with Crippen LogP contribution in [-0.4, -0.2) is 71.3 Å². The Kier molecular flexibility index (Phi) is 4.98. The molecular formula is C20H24N6O3. The SMILES string of the molecule is N#C[C@@H]1CCCN1C(=O)[C@@H](N)CN1C[C@@H]2C[C@H]1C(=O)N2c1ccccc1C(N)=O. The molecule has 1 aromatic carbocycles. The van der Waals surface area contributed by atoms with Gasteiger partial charge in [-0.15, -0.1) is 0 Å². The maximum absolute atomic E-state index is 13.0. The van der Waals surface area contributed by atoms with Crippen LogP contribution in [0.15, 0.2) is 24.3 Å². The van der Waals surface area contributed by atoms with Crippen molar-refractivity contribution < 1.29 is 14.4 Å². The molecule has 3 amide bonds. The molecule has 0 saturated carbocycles. The molecule has 3 heterocycles. The van der Waals surface area contributed by atoms with Crippen LogP contribution in [0.4, 0.5) is 5.69 Å². The molecule has 0 unspecified atom stereocenters. The van der Waals surface area contributed by atoms with Gasteiger partial charge in [0.1, 0.15) is 6.04 Å². The van der Waals surface area contributed by atoms with E-state index in [0.29, 0.717) is 37.2 Å². The first-order valence-electron chi connectivity index (χ1n) is 9.84. The van der Waals surface area contributed by atoms with Gasteiger partial charge in [-0.3, -0.25) is 19.3 Å². The molecule has 3 saturated heterocycles. The van der Waals surface area contributed by atoms with Gasteiger partial charge in [0.15, 0.2) is 0 Å². The van der Waals surface area contributed by atoms with E-state index in [0.717, 1.165) is 6.42 Å². The topological polar surface area (TPSA) is 137 Å². The van der Waals surface area contributed by atoms with E-state index in [2.05, 4.69) is 6.07 Å². The fourth-order valence-corrected chi connectivity index (χ4v) is 4.78. The van der Waals surface area contributed by atoms with Crippen molar-refractivity contribution in [2.24, 2.45) is 11.5 Å². The van der Waals surface area contributed by atoms with Gasteiger partial charge in [0.2, 0.25) is 11.8 Å². The summed E-state index contributed by atoms with van der Waals surface area (Å²) in [6.45, 7) is 1.39. The average molecular weight is 396 g/mol. The highest BCUT2D eigenvalue weighted by molar-refractivity contribution is 6.07. The van der Waals surface area contributed by atoms with Gasteiger partial charge in [-0.25, -0.2) is 0 Å². The van der Waals surface area contributed by atoms with Crippen molar-refractivity contribution in [2.75, 3.05) is 24.5 Å². The molecular weight excluding hydrogens is 372 g/mol. The lowest BCUT2D eigenvalue weighted by Gasteiger charge is -2.36. The van der Waals surface area contributed by atoms with Gasteiger partial charge in [-0.05, 0) is 31.4 Å². The Bertz CT molecular complexity index is 896. The molecule has 4 atom stereocenters. The quantitative estimate of drug-likeness (QED) is 0.683. The Morgan fingerprint density at radius 1 is 1.31 bits per heavy atom. The van der Waals surface area contributed by atoms with Gasteiger partial charge in [-0.2, -0.15) is 5.26 Å². The fourth-order valence-electron chi connectivity index (χ4n) is 4.78. The van der Waals surface area contributed by atoms with Crippen molar-refractivity contribution in [1.29, 1.82) is 5.26 Å². The minimum absolute atomic E-state index is 0.0889. The molecule has 0 aliphatic carbocycles. The summed E-state index contributed by atoms with van der Waals surface area (Å²) in [5.41, 5.74) is 12.5. The van der Waals surface area contributed by atoms with Crippen molar-refractivity contribution in [3.8, 4) is 6.07 Å². The lowest BCUT2D eigenvalue weighted by Crippen LogP contribution is -2.56. The van der Waals surface area contributed by atoms with Crippen molar-refractivity contribution in [2.45, 2.75) is 43.4 Å². The van der Waals surface area contributed by atoms with E-state index < -0.39 is 18.0 Å². The van der Waals surface area contributed by atoms with Crippen LogP contribution >= 0.6 is 0 Å². The first-order chi connectivity index (χ1) is 13.9. The Hall–Kier alpha value is -2.96. The summed E-state index contributed by atoms with van der Waals surface area (Å²) < 4.78 is 0. The Morgan fingerprint density at radius 2 is 2.07 bits per heavy atom. The molecule has 0 radical (unpaired) electrons. The molecule has 9 nitrogen and oxygen atoms in total. The largest absolute Gasteiger partial charge is 0.366 e. The summed E-state index contributed by atoms with van der Waals surface area (Å²) in [6, 6.07) is 7.34. The zero-order chi connectivity index (χ0) is 20.7. The van der Waals surface area contributed by atoms with Crippen LogP contribution in [0.1, 0.15) is 29.6 Å². The number of piperazine rings is 1. The highest BCUT2D eigenvalue weighted by Crippen LogP contribution is 2.37. The van der Waals surface area contributed by atoms with Crippen LogP contribution in [-0.2, 0) is 9.59 Å². The standard InChI is InChI=1S/C20H24N6O3/c21-9-12-4-3-7-25(12)19(28)15(22)11-24-10-13-8-17(24)20(29)26(13)16-6-2-1-5-14(16)18(23)27/h1-2,5-6,12-13,15,17H,3-4,7-8,10-11,22H2,(H2,23,27)/t12-,13-,15-,17-/m0/s1. The maximum Gasteiger partial charge on any atom is 0.250 e. The molecule has 3 fully saturated rings. The number of para-hydroxylation sites is 1. The lowest BCUT2D eigenvalue weighted by molar-refractivity contribution is -0.134. The number of carbonyl (C=O) groups excluding carboxylic acids is 3. The molecule has 152 valence electrons. The van der Waals surface area contributed by atoms with Gasteiger partial charge < -0.3 is 21.3 Å². The van der Waals surface area contributed by atoms with Gasteiger partial charge in [0.05, 0.1) is 35.4 Å². The summed E-state index contributed by atoms with van der Waals surface area (Å²) in [6.07, 6.45) is 2.10. The number of benzene rings is 1. The number of likely N-dealkylation sites (tertiary alicyclic amines) is 2. The third-order valence-corrected chi connectivity index (χ3v) is 6.13. The van der Waals surface area contributed by atoms with E-state index in [4.69, 9.17) is 11.5 Å². The molecule has 0 aromatic heterocycles. The number of primary amides is 1. The van der Waals surface area contributed by atoms with Crippen LogP contribution < -0.4 is 16.4 Å². The number of hydrogen-bond acceptors (Lipinski definition) is 6. The monoisotopic (exact) mass is 396 g/mol. The number of anilines is 1. The van der Waals surface area contributed by atoms with Crippen molar-refractivity contribution in [1.82, 2.24) is 9.80 Å². The normalized spacial score (nSPS) is 27.3. The Balaban J connectivity index is 1.45. The lowest BCUT2D eigenvalue weighted by atomic mass is 10.1. The molecule has 3 aliphatic heterocycles. The second-order valence-electron chi connectivity index (χ2n) is 7.87. The number of rotatable bonds is 5. The minimum atomic E-state index is -0.776. The van der Waals surface area contributed by atoms with Gasteiger partial charge in [0, 0.05) is 19.6 Å². The van der Waals surface area contributed by atoms with E-state index in [-0.39, 0.29) is 30.4 Å². The summed E-state index contributed by atoms with van der Waals surface area (Å²) in [5.74, 6) is -0.913. The molecule has 29 heavy (non-hydrogen) atoms. The van der Waals surface area contributed by atoms with Crippen molar-refractivity contribution in [3.63, 3.8) is 0 Å². The van der Waals surface area contributed by atoms with Gasteiger partial charge in [0.25, 0.3) is 5.91 Å². The predicted octanol–water partition coefficient (Wildman–Crippen LogP) is -0.583. The van der Waals surface area contributed by atoms with E-state index in [1.54, 1.807) is 34.1 Å². The molecule has 4 N–H and O–H groups in total. The molecule has 3 aliphatic rings. The number of nitriles is 1. The number of nitrogens with zero attached hydrogens (tertiary/aromatic N) is 4. The first-order valence-corrected chi connectivity index (χ1v) is 9.84. The second-order valence-corrected chi connectivity index (χ2v) is 7.87. The maximum atomic E-state index is 13.0.